The number of imidazole rings is 1. The van der Waals surface area contributed by atoms with E-state index in [4.69, 9.17) is 4.98 Å². The highest BCUT2D eigenvalue weighted by atomic mass is 15.1. The summed E-state index contributed by atoms with van der Waals surface area (Å²) in [6.07, 6.45) is 3.54. The molecule has 106 valence electrons. The van der Waals surface area contributed by atoms with Crippen LogP contribution in [-0.2, 0) is 6.42 Å². The number of nitrogens with one attached hydrogen (secondary N) is 1. The van der Waals surface area contributed by atoms with E-state index in [0.29, 0.717) is 6.04 Å². The number of aromatic nitrogens is 2. The van der Waals surface area contributed by atoms with Crippen LogP contribution in [0.15, 0.2) is 54.6 Å². The van der Waals surface area contributed by atoms with Gasteiger partial charge in [0.1, 0.15) is 5.82 Å². The molecular weight excluding hydrogens is 258 g/mol. The first-order valence-electron chi connectivity index (χ1n) is 7.66. The van der Waals surface area contributed by atoms with Gasteiger partial charge in [0.05, 0.1) is 11.0 Å². The summed E-state index contributed by atoms with van der Waals surface area (Å²) in [6, 6.07) is 19.5. The normalized spacial score (nSPS) is 14.5. The molecule has 1 saturated carbocycles. The van der Waals surface area contributed by atoms with E-state index in [1.165, 1.54) is 29.9 Å². The molecule has 1 aromatic heterocycles. The Morgan fingerprint density at radius 1 is 1.00 bits per heavy atom. The Morgan fingerprint density at radius 3 is 2.57 bits per heavy atom. The molecule has 0 spiro atoms. The minimum Gasteiger partial charge on any atom is -0.385 e. The molecule has 0 bridgehead atoms. The van der Waals surface area contributed by atoms with Crippen LogP contribution in [0.3, 0.4) is 0 Å². The number of para-hydroxylation sites is 3. The predicted octanol–water partition coefficient (Wildman–Crippen LogP) is 4.03. The van der Waals surface area contributed by atoms with Crippen LogP contribution in [-0.4, -0.2) is 16.1 Å². The van der Waals surface area contributed by atoms with Gasteiger partial charge in [-0.25, -0.2) is 4.98 Å². The van der Waals surface area contributed by atoms with Gasteiger partial charge in [0.2, 0.25) is 0 Å². The van der Waals surface area contributed by atoms with Crippen molar-refractivity contribution in [3.63, 3.8) is 0 Å². The topological polar surface area (TPSA) is 29.9 Å². The van der Waals surface area contributed by atoms with Crippen molar-refractivity contribution in [2.24, 2.45) is 0 Å². The molecule has 3 nitrogen and oxygen atoms in total. The molecule has 2 aromatic carbocycles. The average molecular weight is 277 g/mol. The molecule has 3 heteroatoms. The van der Waals surface area contributed by atoms with Crippen LogP contribution in [0.4, 0.5) is 5.69 Å². The molecule has 0 aliphatic heterocycles. The van der Waals surface area contributed by atoms with Crippen molar-refractivity contribution in [3.05, 3.63) is 60.4 Å². The number of rotatable bonds is 5. The molecule has 0 saturated heterocycles. The summed E-state index contributed by atoms with van der Waals surface area (Å²) in [5, 5.41) is 3.47. The zero-order valence-electron chi connectivity index (χ0n) is 12.0. The van der Waals surface area contributed by atoms with Crippen LogP contribution >= 0.6 is 0 Å². The molecule has 1 heterocycles. The third-order valence-corrected chi connectivity index (χ3v) is 4.03. The number of fused-ring (bicyclic) bond motifs is 1. The summed E-state index contributed by atoms with van der Waals surface area (Å²) in [5.41, 5.74) is 3.58. The van der Waals surface area contributed by atoms with Crippen LogP contribution < -0.4 is 5.32 Å². The Morgan fingerprint density at radius 2 is 1.76 bits per heavy atom. The summed E-state index contributed by atoms with van der Waals surface area (Å²) in [7, 11) is 0. The van der Waals surface area contributed by atoms with Gasteiger partial charge in [0.15, 0.2) is 0 Å². The predicted molar refractivity (Wildman–Crippen MR) is 86.6 cm³/mol. The first kappa shape index (κ1) is 12.5. The highest BCUT2D eigenvalue weighted by molar-refractivity contribution is 5.76. The molecule has 1 aliphatic carbocycles. The van der Waals surface area contributed by atoms with E-state index in [1.54, 1.807) is 0 Å². The second-order valence-electron chi connectivity index (χ2n) is 5.66. The van der Waals surface area contributed by atoms with E-state index in [1.807, 2.05) is 6.07 Å². The van der Waals surface area contributed by atoms with Gasteiger partial charge < -0.3 is 9.88 Å². The van der Waals surface area contributed by atoms with Crippen molar-refractivity contribution in [2.75, 3.05) is 11.9 Å². The summed E-state index contributed by atoms with van der Waals surface area (Å²) in [4.78, 5) is 4.83. The SMILES string of the molecule is c1ccc(NCCc2nc3ccccc3n2C2CC2)cc1. The van der Waals surface area contributed by atoms with Gasteiger partial charge in [0.25, 0.3) is 0 Å². The molecule has 1 N–H and O–H groups in total. The average Bonchev–Trinajstić information content (AvgIpc) is 3.29. The summed E-state index contributed by atoms with van der Waals surface area (Å²) in [6.45, 7) is 0.917. The van der Waals surface area contributed by atoms with Gasteiger partial charge in [-0.1, -0.05) is 30.3 Å². The molecule has 0 atom stereocenters. The lowest BCUT2D eigenvalue weighted by atomic mass is 10.3. The van der Waals surface area contributed by atoms with E-state index >= 15 is 0 Å². The van der Waals surface area contributed by atoms with E-state index < -0.39 is 0 Å². The van der Waals surface area contributed by atoms with Crippen LogP contribution in [0, 0.1) is 0 Å². The second-order valence-corrected chi connectivity index (χ2v) is 5.66. The van der Waals surface area contributed by atoms with Crippen molar-refractivity contribution in [2.45, 2.75) is 25.3 Å². The molecular formula is C18H19N3. The second kappa shape index (κ2) is 5.24. The minimum atomic E-state index is 0.670. The van der Waals surface area contributed by atoms with E-state index in [-0.39, 0.29) is 0 Å². The van der Waals surface area contributed by atoms with Gasteiger partial charge in [-0.15, -0.1) is 0 Å². The fourth-order valence-electron chi connectivity index (χ4n) is 2.89. The number of anilines is 1. The smallest absolute Gasteiger partial charge is 0.111 e. The molecule has 0 unspecified atom stereocenters. The molecule has 0 radical (unpaired) electrons. The monoisotopic (exact) mass is 277 g/mol. The summed E-state index contributed by atoms with van der Waals surface area (Å²) < 4.78 is 2.45. The first-order chi connectivity index (χ1) is 10.4. The van der Waals surface area contributed by atoms with Crippen LogP contribution in [0.2, 0.25) is 0 Å². The van der Waals surface area contributed by atoms with Crippen molar-refractivity contribution >= 4 is 16.7 Å². The number of hydrogen-bond acceptors (Lipinski definition) is 2. The van der Waals surface area contributed by atoms with Crippen LogP contribution in [0.1, 0.15) is 24.7 Å². The zero-order chi connectivity index (χ0) is 14.1. The van der Waals surface area contributed by atoms with E-state index in [2.05, 4.69) is 58.4 Å². The standard InChI is InChI=1S/C18H19N3/c1-2-6-14(7-3-1)19-13-12-18-20-16-8-4-5-9-17(16)21(18)15-10-11-15/h1-9,15,19H,10-13H2. The molecule has 1 fully saturated rings. The maximum Gasteiger partial charge on any atom is 0.111 e. The Kier molecular flexibility index (Phi) is 3.11. The van der Waals surface area contributed by atoms with Gasteiger partial charge in [0, 0.05) is 24.7 Å². The fourth-order valence-corrected chi connectivity index (χ4v) is 2.89. The highest BCUT2D eigenvalue weighted by Crippen LogP contribution is 2.38. The lowest BCUT2D eigenvalue weighted by Gasteiger charge is -2.09. The number of hydrogen-bond donors (Lipinski definition) is 1. The molecule has 21 heavy (non-hydrogen) atoms. The first-order valence-corrected chi connectivity index (χ1v) is 7.66. The van der Waals surface area contributed by atoms with E-state index in [9.17, 15) is 0 Å². The molecule has 4 rings (SSSR count). The zero-order valence-corrected chi connectivity index (χ0v) is 12.0. The Labute approximate surface area is 124 Å². The maximum absolute atomic E-state index is 4.83. The number of nitrogens with zero attached hydrogens (tertiary/aromatic N) is 2. The van der Waals surface area contributed by atoms with Crippen LogP contribution in [0.5, 0.6) is 0 Å². The van der Waals surface area contributed by atoms with Gasteiger partial charge in [-0.3, -0.25) is 0 Å². The van der Waals surface area contributed by atoms with Gasteiger partial charge in [-0.05, 0) is 37.1 Å². The Bertz CT molecular complexity index is 742. The molecule has 0 amide bonds. The van der Waals surface area contributed by atoms with Crippen molar-refractivity contribution < 1.29 is 0 Å². The molecule has 1 aliphatic rings. The third-order valence-electron chi connectivity index (χ3n) is 4.03. The lowest BCUT2D eigenvalue weighted by Crippen LogP contribution is -2.09. The summed E-state index contributed by atoms with van der Waals surface area (Å²) >= 11 is 0. The van der Waals surface area contributed by atoms with Gasteiger partial charge >= 0.3 is 0 Å². The highest BCUT2D eigenvalue weighted by Gasteiger charge is 2.27. The van der Waals surface area contributed by atoms with Crippen molar-refractivity contribution in [1.82, 2.24) is 9.55 Å². The third kappa shape index (κ3) is 2.51. The Hall–Kier alpha value is -2.29. The fraction of sp³-hybridized carbons (Fsp3) is 0.278. The van der Waals surface area contributed by atoms with Crippen molar-refractivity contribution in [1.29, 1.82) is 0 Å². The van der Waals surface area contributed by atoms with Crippen LogP contribution in [0.25, 0.3) is 11.0 Å². The van der Waals surface area contributed by atoms with Crippen molar-refractivity contribution in [3.8, 4) is 0 Å². The quantitative estimate of drug-likeness (QED) is 0.763. The largest absolute Gasteiger partial charge is 0.385 e. The Balaban J connectivity index is 1.54. The summed E-state index contributed by atoms with van der Waals surface area (Å²) in [5.74, 6) is 1.21. The lowest BCUT2D eigenvalue weighted by molar-refractivity contribution is 0.701. The van der Waals surface area contributed by atoms with Gasteiger partial charge in [-0.2, -0.15) is 0 Å². The minimum absolute atomic E-state index is 0.670. The van der Waals surface area contributed by atoms with E-state index in [0.717, 1.165) is 18.5 Å². The number of benzene rings is 2. The molecule has 3 aromatic rings. The maximum atomic E-state index is 4.83.